The number of sulfonamides is 1. The minimum Gasteiger partial charge on any atom is -0.495 e. The molecule has 0 saturated heterocycles. The Labute approximate surface area is 179 Å². The number of rotatable bonds is 8. The molecule has 1 aliphatic carbocycles. The van der Waals surface area contributed by atoms with Crippen molar-refractivity contribution < 1.29 is 17.5 Å². The van der Waals surface area contributed by atoms with Gasteiger partial charge in [-0.25, -0.2) is 27.0 Å². The maximum Gasteiger partial charge on any atom is 0.346 e. The quantitative estimate of drug-likeness (QED) is 0.574. The van der Waals surface area contributed by atoms with Crippen molar-refractivity contribution in [3.05, 3.63) is 64.3 Å². The van der Waals surface area contributed by atoms with Crippen molar-refractivity contribution in [3.8, 4) is 17.1 Å². The van der Waals surface area contributed by atoms with E-state index < -0.39 is 10.0 Å². The van der Waals surface area contributed by atoms with Crippen LogP contribution in [0.1, 0.15) is 24.4 Å². The molecular weight excluding hydrogens is 423 g/mol. The summed E-state index contributed by atoms with van der Waals surface area (Å²) in [4.78, 5) is 12.9. The van der Waals surface area contributed by atoms with Gasteiger partial charge < -0.3 is 4.74 Å². The summed E-state index contributed by atoms with van der Waals surface area (Å²) < 4.78 is 49.3. The molecule has 1 N–H and O–H groups in total. The lowest BCUT2D eigenvalue weighted by molar-refractivity contribution is 0.402. The van der Waals surface area contributed by atoms with E-state index in [1.165, 1.54) is 30.0 Å². The van der Waals surface area contributed by atoms with Crippen molar-refractivity contribution in [2.45, 2.75) is 37.2 Å². The van der Waals surface area contributed by atoms with Crippen molar-refractivity contribution in [1.29, 1.82) is 0 Å². The van der Waals surface area contributed by atoms with Crippen molar-refractivity contribution >= 4 is 10.0 Å². The van der Waals surface area contributed by atoms with Crippen LogP contribution in [0.3, 0.4) is 0 Å². The number of hydrogen-bond donors (Lipinski definition) is 1. The molecule has 0 radical (unpaired) electrons. The van der Waals surface area contributed by atoms with Crippen LogP contribution in [0.15, 0.2) is 52.2 Å². The van der Waals surface area contributed by atoms with Gasteiger partial charge in [0.15, 0.2) is 5.82 Å². The Hall–Kier alpha value is -2.98. The van der Waals surface area contributed by atoms with E-state index in [1.807, 2.05) is 0 Å². The lowest BCUT2D eigenvalue weighted by Crippen LogP contribution is -2.32. The molecule has 1 fully saturated rings. The minimum absolute atomic E-state index is 0.0239. The van der Waals surface area contributed by atoms with E-state index in [0.29, 0.717) is 11.4 Å². The van der Waals surface area contributed by atoms with Gasteiger partial charge in [0.2, 0.25) is 10.0 Å². The highest BCUT2D eigenvalue weighted by atomic mass is 32.2. The number of ether oxygens (including phenoxy) is 1. The first-order chi connectivity index (χ1) is 14.8. The minimum atomic E-state index is -3.84. The number of nitrogens with zero attached hydrogens (tertiary/aromatic N) is 3. The zero-order valence-electron chi connectivity index (χ0n) is 17.2. The summed E-state index contributed by atoms with van der Waals surface area (Å²) in [5.74, 6) is 0.326. The number of aryl methyl sites for hydroxylation is 1. The summed E-state index contributed by atoms with van der Waals surface area (Å²) in [6, 6.07) is 10.7. The van der Waals surface area contributed by atoms with E-state index in [-0.39, 0.29) is 41.3 Å². The molecule has 1 aromatic heterocycles. The van der Waals surface area contributed by atoms with Gasteiger partial charge in [-0.3, -0.25) is 4.57 Å². The predicted molar refractivity (Wildman–Crippen MR) is 113 cm³/mol. The van der Waals surface area contributed by atoms with Crippen molar-refractivity contribution in [2.75, 3.05) is 13.7 Å². The monoisotopic (exact) mass is 446 g/mol. The Morgan fingerprint density at radius 1 is 1.19 bits per heavy atom. The Morgan fingerprint density at radius 2 is 1.90 bits per heavy atom. The topological polar surface area (TPSA) is 95.2 Å². The molecule has 0 atom stereocenters. The van der Waals surface area contributed by atoms with E-state index in [9.17, 15) is 17.6 Å². The highest BCUT2D eigenvalue weighted by Crippen LogP contribution is 2.36. The van der Waals surface area contributed by atoms with Crippen molar-refractivity contribution in [1.82, 2.24) is 19.1 Å². The molecule has 0 unspecified atom stereocenters. The van der Waals surface area contributed by atoms with Gasteiger partial charge in [0.05, 0.1) is 13.7 Å². The second-order valence-electron chi connectivity index (χ2n) is 7.49. The van der Waals surface area contributed by atoms with Crippen LogP contribution in [0.2, 0.25) is 0 Å². The van der Waals surface area contributed by atoms with Gasteiger partial charge in [-0.15, -0.1) is 5.10 Å². The molecular formula is C21H23FN4O4S. The molecule has 0 amide bonds. The number of halogens is 1. The zero-order valence-corrected chi connectivity index (χ0v) is 18.0. The van der Waals surface area contributed by atoms with Gasteiger partial charge in [-0.2, -0.15) is 0 Å². The third-order valence-corrected chi connectivity index (χ3v) is 6.59. The van der Waals surface area contributed by atoms with E-state index in [2.05, 4.69) is 9.82 Å². The standard InChI is InChI=1S/C21H23FN4O4S/c1-14-3-10-18(30-2)19(13-14)31(28,29)23-11-12-25-21(27)26(17-8-9-17)20(24-25)15-4-6-16(22)7-5-15/h3-7,10,13,17,23H,8-9,11-12H2,1-2H3. The van der Waals surface area contributed by atoms with Gasteiger partial charge in [-0.05, 0) is 61.7 Å². The van der Waals surface area contributed by atoms with E-state index >= 15 is 0 Å². The van der Waals surface area contributed by atoms with Crippen LogP contribution in [-0.2, 0) is 16.6 Å². The average molecular weight is 447 g/mol. The third-order valence-electron chi connectivity index (χ3n) is 5.11. The number of benzene rings is 2. The molecule has 3 aromatic rings. The van der Waals surface area contributed by atoms with Gasteiger partial charge in [-0.1, -0.05) is 6.07 Å². The molecule has 10 heteroatoms. The highest BCUT2D eigenvalue weighted by Gasteiger charge is 2.30. The molecule has 2 aromatic carbocycles. The van der Waals surface area contributed by atoms with Crippen LogP contribution in [0.25, 0.3) is 11.4 Å². The molecule has 0 aliphatic heterocycles. The van der Waals surface area contributed by atoms with Crippen LogP contribution in [0, 0.1) is 12.7 Å². The maximum atomic E-state index is 13.3. The Balaban J connectivity index is 1.56. The Kier molecular flexibility index (Phi) is 5.67. The Morgan fingerprint density at radius 3 is 2.55 bits per heavy atom. The molecule has 8 nitrogen and oxygen atoms in total. The lowest BCUT2D eigenvalue weighted by atomic mass is 10.2. The first-order valence-corrected chi connectivity index (χ1v) is 11.4. The molecule has 31 heavy (non-hydrogen) atoms. The molecule has 4 rings (SSSR count). The number of hydrogen-bond acceptors (Lipinski definition) is 5. The second kappa shape index (κ2) is 8.27. The van der Waals surface area contributed by atoms with Crippen LogP contribution < -0.4 is 15.1 Å². The summed E-state index contributed by atoms with van der Waals surface area (Å²) in [6.45, 7) is 1.82. The third kappa shape index (κ3) is 4.40. The normalized spacial score (nSPS) is 14.0. The Bertz CT molecular complexity index is 1260. The summed E-state index contributed by atoms with van der Waals surface area (Å²) in [7, 11) is -2.43. The van der Waals surface area contributed by atoms with E-state index in [0.717, 1.165) is 18.4 Å². The SMILES string of the molecule is COc1ccc(C)cc1S(=O)(=O)NCCn1nc(-c2ccc(F)cc2)n(C2CC2)c1=O. The first-order valence-electron chi connectivity index (χ1n) is 9.90. The predicted octanol–water partition coefficient (Wildman–Crippen LogP) is 2.48. The fraction of sp³-hybridized carbons (Fsp3) is 0.333. The van der Waals surface area contributed by atoms with Crippen LogP contribution >= 0.6 is 0 Å². The molecule has 164 valence electrons. The second-order valence-corrected chi connectivity index (χ2v) is 9.22. The summed E-state index contributed by atoms with van der Waals surface area (Å²) in [5, 5.41) is 4.40. The van der Waals surface area contributed by atoms with E-state index in [1.54, 1.807) is 35.8 Å². The molecule has 0 spiro atoms. The van der Waals surface area contributed by atoms with E-state index in [4.69, 9.17) is 4.74 Å². The largest absolute Gasteiger partial charge is 0.495 e. The maximum absolute atomic E-state index is 13.3. The number of nitrogens with one attached hydrogen (secondary N) is 1. The van der Waals surface area contributed by atoms with Gasteiger partial charge >= 0.3 is 5.69 Å². The van der Waals surface area contributed by atoms with Crippen LogP contribution in [0.4, 0.5) is 4.39 Å². The van der Waals surface area contributed by atoms with Crippen LogP contribution in [0.5, 0.6) is 5.75 Å². The highest BCUT2D eigenvalue weighted by molar-refractivity contribution is 7.89. The molecule has 1 heterocycles. The molecule has 1 saturated carbocycles. The van der Waals surface area contributed by atoms with Gasteiger partial charge in [0, 0.05) is 18.2 Å². The van der Waals surface area contributed by atoms with Crippen molar-refractivity contribution in [3.63, 3.8) is 0 Å². The summed E-state index contributed by atoms with van der Waals surface area (Å²) >= 11 is 0. The summed E-state index contributed by atoms with van der Waals surface area (Å²) in [6.07, 6.45) is 1.75. The molecule has 0 bridgehead atoms. The van der Waals surface area contributed by atoms with Crippen LogP contribution in [-0.4, -0.2) is 36.4 Å². The van der Waals surface area contributed by atoms with Gasteiger partial charge in [0.1, 0.15) is 16.5 Å². The molecule has 1 aliphatic rings. The fourth-order valence-electron chi connectivity index (χ4n) is 3.38. The fourth-order valence-corrected chi connectivity index (χ4v) is 4.65. The number of methoxy groups -OCH3 is 1. The summed E-state index contributed by atoms with van der Waals surface area (Å²) in [5.41, 5.74) is 1.10. The van der Waals surface area contributed by atoms with Gasteiger partial charge in [0.25, 0.3) is 0 Å². The average Bonchev–Trinajstić information content (AvgIpc) is 3.52. The number of aromatic nitrogens is 3. The smallest absolute Gasteiger partial charge is 0.346 e. The zero-order chi connectivity index (χ0) is 22.2. The van der Waals surface area contributed by atoms with Crippen molar-refractivity contribution in [2.24, 2.45) is 0 Å². The first kappa shape index (κ1) is 21.3. The lowest BCUT2D eigenvalue weighted by Gasteiger charge is -2.11.